The molecule has 1 N–H and O–H groups in total. The van der Waals surface area contributed by atoms with Crippen molar-refractivity contribution in [3.8, 4) is 0 Å². The smallest absolute Gasteiger partial charge is 0.148 e. The number of aromatic nitrogens is 2. The van der Waals surface area contributed by atoms with Gasteiger partial charge in [0.1, 0.15) is 17.2 Å². The van der Waals surface area contributed by atoms with Gasteiger partial charge in [0.15, 0.2) is 0 Å². The first kappa shape index (κ1) is 9.68. The van der Waals surface area contributed by atoms with Crippen LogP contribution in [0.15, 0.2) is 12.5 Å². The van der Waals surface area contributed by atoms with Gasteiger partial charge in [-0.2, -0.15) is 0 Å². The average molecular weight is 214 g/mol. The third-order valence-electron chi connectivity index (χ3n) is 2.17. The molecule has 0 radical (unpaired) electrons. The Morgan fingerprint density at radius 3 is 3.21 bits per heavy atom. The molecule has 1 saturated heterocycles. The Morgan fingerprint density at radius 2 is 2.50 bits per heavy atom. The minimum atomic E-state index is 0.316. The second-order valence-electron chi connectivity index (χ2n) is 3.28. The van der Waals surface area contributed by atoms with E-state index in [1.54, 1.807) is 6.20 Å². The van der Waals surface area contributed by atoms with Crippen molar-refractivity contribution in [1.29, 1.82) is 0 Å². The highest BCUT2D eigenvalue weighted by molar-refractivity contribution is 6.32. The number of hydrogen-bond donors (Lipinski definition) is 1. The van der Waals surface area contributed by atoms with Crippen LogP contribution in [0.2, 0.25) is 5.02 Å². The lowest BCUT2D eigenvalue weighted by molar-refractivity contribution is 0.0875. The van der Waals surface area contributed by atoms with Crippen molar-refractivity contribution >= 4 is 17.4 Å². The van der Waals surface area contributed by atoms with Crippen LogP contribution in [0, 0.1) is 0 Å². The van der Waals surface area contributed by atoms with E-state index in [2.05, 4.69) is 15.3 Å². The number of hydrogen-bond acceptors (Lipinski definition) is 4. The van der Waals surface area contributed by atoms with Gasteiger partial charge in [-0.05, 0) is 12.8 Å². The third-order valence-corrected chi connectivity index (χ3v) is 2.45. The standard InChI is InChI=1S/C9H12ClN3O/c10-8-4-11-6-12-9(8)13-7-2-1-3-14-5-7/h4,6-7H,1-3,5H2,(H,11,12,13). The number of nitrogens with one attached hydrogen (secondary N) is 1. The topological polar surface area (TPSA) is 47.0 Å². The molecule has 5 heteroatoms. The van der Waals surface area contributed by atoms with Crippen LogP contribution in [0.4, 0.5) is 5.82 Å². The fourth-order valence-corrected chi connectivity index (χ4v) is 1.63. The van der Waals surface area contributed by atoms with E-state index in [4.69, 9.17) is 16.3 Å². The van der Waals surface area contributed by atoms with Crippen molar-refractivity contribution in [2.75, 3.05) is 18.5 Å². The molecule has 1 atom stereocenters. The molecule has 2 rings (SSSR count). The summed E-state index contributed by atoms with van der Waals surface area (Å²) in [7, 11) is 0. The maximum absolute atomic E-state index is 5.92. The lowest BCUT2D eigenvalue weighted by Crippen LogP contribution is -2.30. The summed E-state index contributed by atoms with van der Waals surface area (Å²) in [6.45, 7) is 1.58. The molecule has 76 valence electrons. The summed E-state index contributed by atoms with van der Waals surface area (Å²) in [6, 6.07) is 0.316. The van der Waals surface area contributed by atoms with Gasteiger partial charge in [-0.3, -0.25) is 0 Å². The first-order valence-corrected chi connectivity index (χ1v) is 5.04. The highest BCUT2D eigenvalue weighted by atomic mass is 35.5. The summed E-state index contributed by atoms with van der Waals surface area (Å²) in [5.74, 6) is 0.692. The van der Waals surface area contributed by atoms with Gasteiger partial charge in [0.25, 0.3) is 0 Å². The molecule has 1 fully saturated rings. The molecule has 0 spiro atoms. The Hall–Kier alpha value is -0.870. The van der Waals surface area contributed by atoms with Crippen molar-refractivity contribution in [2.24, 2.45) is 0 Å². The minimum Gasteiger partial charge on any atom is -0.379 e. The quantitative estimate of drug-likeness (QED) is 0.813. The zero-order valence-electron chi connectivity index (χ0n) is 7.74. The molecule has 2 heterocycles. The number of anilines is 1. The molecule has 0 amide bonds. The Kier molecular flexibility index (Phi) is 3.16. The van der Waals surface area contributed by atoms with E-state index in [-0.39, 0.29) is 0 Å². The van der Waals surface area contributed by atoms with Gasteiger partial charge < -0.3 is 10.1 Å². The van der Waals surface area contributed by atoms with E-state index in [1.807, 2.05) is 0 Å². The van der Waals surface area contributed by atoms with Crippen LogP contribution < -0.4 is 5.32 Å². The van der Waals surface area contributed by atoms with Crippen LogP contribution >= 0.6 is 11.6 Å². The summed E-state index contributed by atoms with van der Waals surface area (Å²) in [5, 5.41) is 3.79. The number of ether oxygens (including phenoxy) is 1. The molecule has 1 aromatic rings. The van der Waals surface area contributed by atoms with E-state index in [9.17, 15) is 0 Å². The Labute approximate surface area is 87.7 Å². The van der Waals surface area contributed by atoms with Crippen molar-refractivity contribution in [3.05, 3.63) is 17.5 Å². The molecule has 4 nitrogen and oxygen atoms in total. The van der Waals surface area contributed by atoms with E-state index in [1.165, 1.54) is 6.33 Å². The number of halogens is 1. The van der Waals surface area contributed by atoms with Crippen LogP contribution in [-0.2, 0) is 4.74 Å². The first-order valence-electron chi connectivity index (χ1n) is 4.66. The fraction of sp³-hybridized carbons (Fsp3) is 0.556. The molecular weight excluding hydrogens is 202 g/mol. The Balaban J connectivity index is 1.99. The maximum Gasteiger partial charge on any atom is 0.148 e. The molecule has 1 unspecified atom stereocenters. The van der Waals surface area contributed by atoms with E-state index < -0.39 is 0 Å². The zero-order chi connectivity index (χ0) is 9.80. The predicted octanol–water partition coefficient (Wildman–Crippen LogP) is 1.72. The molecule has 0 aromatic carbocycles. The molecule has 1 aliphatic rings. The van der Waals surface area contributed by atoms with Crippen LogP contribution in [0.25, 0.3) is 0 Å². The van der Waals surface area contributed by atoms with Gasteiger partial charge >= 0.3 is 0 Å². The van der Waals surface area contributed by atoms with Crippen molar-refractivity contribution < 1.29 is 4.74 Å². The number of rotatable bonds is 2. The number of nitrogens with zero attached hydrogens (tertiary/aromatic N) is 2. The third kappa shape index (κ3) is 2.33. The molecule has 0 saturated carbocycles. The van der Waals surface area contributed by atoms with Gasteiger partial charge in [-0.25, -0.2) is 9.97 Å². The predicted molar refractivity (Wildman–Crippen MR) is 54.5 cm³/mol. The highest BCUT2D eigenvalue weighted by Gasteiger charge is 2.14. The fourth-order valence-electron chi connectivity index (χ4n) is 1.47. The minimum absolute atomic E-state index is 0.316. The summed E-state index contributed by atoms with van der Waals surface area (Å²) in [4.78, 5) is 7.89. The normalized spacial score (nSPS) is 21.9. The van der Waals surface area contributed by atoms with Gasteiger partial charge in [0, 0.05) is 6.61 Å². The highest BCUT2D eigenvalue weighted by Crippen LogP contribution is 2.19. The van der Waals surface area contributed by atoms with Gasteiger partial charge in [0.05, 0.1) is 18.8 Å². The first-order chi connectivity index (χ1) is 6.86. The van der Waals surface area contributed by atoms with E-state index >= 15 is 0 Å². The van der Waals surface area contributed by atoms with Gasteiger partial charge in [0.2, 0.25) is 0 Å². The van der Waals surface area contributed by atoms with E-state index in [0.29, 0.717) is 16.9 Å². The molecule has 0 aliphatic carbocycles. The molecular formula is C9H12ClN3O. The van der Waals surface area contributed by atoms with Crippen LogP contribution in [0.1, 0.15) is 12.8 Å². The van der Waals surface area contributed by atoms with Crippen molar-refractivity contribution in [2.45, 2.75) is 18.9 Å². The maximum atomic E-state index is 5.92. The van der Waals surface area contributed by atoms with Crippen molar-refractivity contribution in [3.63, 3.8) is 0 Å². The van der Waals surface area contributed by atoms with Gasteiger partial charge in [-0.15, -0.1) is 0 Å². The molecule has 14 heavy (non-hydrogen) atoms. The second-order valence-corrected chi connectivity index (χ2v) is 3.68. The molecule has 1 aliphatic heterocycles. The molecule has 0 bridgehead atoms. The summed E-state index contributed by atoms with van der Waals surface area (Å²) < 4.78 is 5.35. The van der Waals surface area contributed by atoms with Crippen LogP contribution in [0.5, 0.6) is 0 Å². The summed E-state index contributed by atoms with van der Waals surface area (Å²) in [5.41, 5.74) is 0. The van der Waals surface area contributed by atoms with Crippen molar-refractivity contribution in [1.82, 2.24) is 9.97 Å². The van der Waals surface area contributed by atoms with Crippen LogP contribution in [-0.4, -0.2) is 29.2 Å². The van der Waals surface area contributed by atoms with Gasteiger partial charge in [-0.1, -0.05) is 11.6 Å². The lowest BCUT2D eigenvalue weighted by Gasteiger charge is -2.23. The Morgan fingerprint density at radius 1 is 1.57 bits per heavy atom. The summed E-state index contributed by atoms with van der Waals surface area (Å²) >= 11 is 5.92. The summed E-state index contributed by atoms with van der Waals surface area (Å²) in [6.07, 6.45) is 5.25. The average Bonchev–Trinajstić information content (AvgIpc) is 2.23. The second kappa shape index (κ2) is 4.57. The lowest BCUT2D eigenvalue weighted by atomic mass is 10.1. The monoisotopic (exact) mass is 213 g/mol. The zero-order valence-corrected chi connectivity index (χ0v) is 8.50. The van der Waals surface area contributed by atoms with E-state index in [0.717, 1.165) is 26.1 Å². The Bertz CT molecular complexity index is 302. The SMILES string of the molecule is Clc1cncnc1NC1CCCOC1. The molecule has 1 aromatic heterocycles. The van der Waals surface area contributed by atoms with Crippen LogP contribution in [0.3, 0.4) is 0 Å². The largest absolute Gasteiger partial charge is 0.379 e.